The lowest BCUT2D eigenvalue weighted by Crippen LogP contribution is -1.80. The van der Waals surface area contributed by atoms with Crippen LogP contribution in [0.25, 0.3) is 11.3 Å². The zero-order valence-electron chi connectivity index (χ0n) is 8.74. The van der Waals surface area contributed by atoms with Crippen molar-refractivity contribution >= 4 is 0 Å². The summed E-state index contributed by atoms with van der Waals surface area (Å²) in [6.45, 7) is 4.09. The average Bonchev–Trinajstić information content (AvgIpc) is 2.64. The topological polar surface area (TPSA) is 36.9 Å². The highest BCUT2D eigenvalue weighted by Gasteiger charge is 2.04. The standard InChI is InChI=1S/C13H11NO/c1-9-5-10(2)7-11(6-9)13-4-3-12(8-14)15-13/h3-7H,1-2H3. The summed E-state index contributed by atoms with van der Waals surface area (Å²) in [6.07, 6.45) is 0. The number of furan rings is 1. The van der Waals surface area contributed by atoms with E-state index in [1.165, 1.54) is 11.1 Å². The zero-order chi connectivity index (χ0) is 10.8. The molecular formula is C13H11NO. The van der Waals surface area contributed by atoms with Crippen LogP contribution in [0.15, 0.2) is 34.7 Å². The van der Waals surface area contributed by atoms with Gasteiger partial charge in [-0.1, -0.05) is 17.2 Å². The Morgan fingerprint density at radius 3 is 2.27 bits per heavy atom. The van der Waals surface area contributed by atoms with Crippen LogP contribution in [0, 0.1) is 25.2 Å². The van der Waals surface area contributed by atoms with E-state index in [1.807, 2.05) is 38.1 Å². The Balaban J connectivity index is 2.50. The summed E-state index contributed by atoms with van der Waals surface area (Å²) in [5, 5.41) is 8.66. The highest BCUT2D eigenvalue weighted by molar-refractivity contribution is 5.60. The van der Waals surface area contributed by atoms with Crippen LogP contribution >= 0.6 is 0 Å². The minimum Gasteiger partial charge on any atom is -0.446 e. The first kappa shape index (κ1) is 9.54. The predicted octanol–water partition coefficient (Wildman–Crippen LogP) is 3.44. The van der Waals surface area contributed by atoms with Gasteiger partial charge in [-0.2, -0.15) is 5.26 Å². The van der Waals surface area contributed by atoms with Gasteiger partial charge in [0.15, 0.2) is 0 Å². The maximum Gasteiger partial charge on any atom is 0.204 e. The highest BCUT2D eigenvalue weighted by Crippen LogP contribution is 2.24. The molecule has 2 rings (SSSR count). The Morgan fingerprint density at radius 1 is 1.07 bits per heavy atom. The summed E-state index contributed by atoms with van der Waals surface area (Å²) in [6, 6.07) is 11.7. The molecule has 0 atom stereocenters. The summed E-state index contributed by atoms with van der Waals surface area (Å²) >= 11 is 0. The molecule has 1 aromatic carbocycles. The molecule has 0 aliphatic heterocycles. The fourth-order valence-corrected chi connectivity index (χ4v) is 1.67. The van der Waals surface area contributed by atoms with Crippen molar-refractivity contribution in [2.24, 2.45) is 0 Å². The molecule has 0 aliphatic rings. The second-order valence-corrected chi connectivity index (χ2v) is 3.65. The molecule has 74 valence electrons. The second kappa shape index (κ2) is 3.62. The first-order chi connectivity index (χ1) is 7.19. The molecule has 0 saturated carbocycles. The van der Waals surface area contributed by atoms with Gasteiger partial charge < -0.3 is 4.42 Å². The number of hydrogen-bond acceptors (Lipinski definition) is 2. The molecule has 0 spiro atoms. The molecule has 0 fully saturated rings. The molecule has 0 N–H and O–H groups in total. The summed E-state index contributed by atoms with van der Waals surface area (Å²) in [5.74, 6) is 1.10. The van der Waals surface area contributed by atoms with Crippen molar-refractivity contribution < 1.29 is 4.42 Å². The van der Waals surface area contributed by atoms with Crippen LogP contribution in [-0.4, -0.2) is 0 Å². The highest BCUT2D eigenvalue weighted by atomic mass is 16.3. The van der Waals surface area contributed by atoms with Crippen LogP contribution in [-0.2, 0) is 0 Å². The van der Waals surface area contributed by atoms with Crippen molar-refractivity contribution in [1.82, 2.24) is 0 Å². The first-order valence-corrected chi connectivity index (χ1v) is 4.77. The van der Waals surface area contributed by atoms with Crippen molar-refractivity contribution in [3.63, 3.8) is 0 Å². The monoisotopic (exact) mass is 197 g/mol. The van der Waals surface area contributed by atoms with E-state index >= 15 is 0 Å². The van der Waals surface area contributed by atoms with E-state index in [0.29, 0.717) is 5.76 Å². The third-order valence-corrected chi connectivity index (χ3v) is 2.22. The maximum absolute atomic E-state index is 8.66. The molecule has 2 nitrogen and oxygen atoms in total. The van der Waals surface area contributed by atoms with Crippen LogP contribution in [0.5, 0.6) is 0 Å². The fraction of sp³-hybridized carbons (Fsp3) is 0.154. The summed E-state index contributed by atoms with van der Waals surface area (Å²) in [4.78, 5) is 0. The van der Waals surface area contributed by atoms with E-state index in [9.17, 15) is 0 Å². The Labute approximate surface area is 88.8 Å². The predicted molar refractivity (Wildman–Crippen MR) is 58.3 cm³/mol. The zero-order valence-corrected chi connectivity index (χ0v) is 8.74. The lowest BCUT2D eigenvalue weighted by molar-refractivity contribution is 0.567. The average molecular weight is 197 g/mol. The van der Waals surface area contributed by atoms with Gasteiger partial charge in [0.1, 0.15) is 11.8 Å². The largest absolute Gasteiger partial charge is 0.446 e. The van der Waals surface area contributed by atoms with Gasteiger partial charge in [0.2, 0.25) is 5.76 Å². The van der Waals surface area contributed by atoms with Crippen LogP contribution in [0.2, 0.25) is 0 Å². The molecule has 0 amide bonds. The summed E-state index contributed by atoms with van der Waals surface area (Å²) < 4.78 is 5.37. The molecule has 0 saturated heterocycles. The minimum absolute atomic E-state index is 0.351. The number of nitrogens with zero attached hydrogens (tertiary/aromatic N) is 1. The van der Waals surface area contributed by atoms with Crippen molar-refractivity contribution in [3.8, 4) is 17.4 Å². The lowest BCUT2D eigenvalue weighted by Gasteiger charge is -2.01. The Kier molecular flexibility index (Phi) is 2.31. The van der Waals surface area contributed by atoms with E-state index in [2.05, 4.69) is 6.07 Å². The molecule has 15 heavy (non-hydrogen) atoms. The Hall–Kier alpha value is -2.01. The minimum atomic E-state index is 0.351. The van der Waals surface area contributed by atoms with Crippen molar-refractivity contribution in [3.05, 3.63) is 47.2 Å². The van der Waals surface area contributed by atoms with Crippen LogP contribution < -0.4 is 0 Å². The molecule has 1 aromatic heterocycles. The van der Waals surface area contributed by atoms with Gasteiger partial charge in [0.05, 0.1) is 0 Å². The van der Waals surface area contributed by atoms with Crippen LogP contribution in [0.1, 0.15) is 16.9 Å². The van der Waals surface area contributed by atoms with Crippen LogP contribution in [0.4, 0.5) is 0 Å². The summed E-state index contributed by atoms with van der Waals surface area (Å²) in [5.41, 5.74) is 3.41. The number of nitriles is 1. The van der Waals surface area contributed by atoms with Gasteiger partial charge in [-0.3, -0.25) is 0 Å². The lowest BCUT2D eigenvalue weighted by atomic mass is 10.1. The van der Waals surface area contributed by atoms with Gasteiger partial charge in [0, 0.05) is 5.56 Å². The van der Waals surface area contributed by atoms with E-state index in [-0.39, 0.29) is 0 Å². The van der Waals surface area contributed by atoms with Crippen molar-refractivity contribution in [1.29, 1.82) is 5.26 Å². The molecule has 0 bridgehead atoms. The number of aryl methyl sites for hydroxylation is 2. The first-order valence-electron chi connectivity index (χ1n) is 4.77. The molecule has 0 radical (unpaired) electrons. The fourth-order valence-electron chi connectivity index (χ4n) is 1.67. The van der Waals surface area contributed by atoms with E-state index < -0.39 is 0 Å². The SMILES string of the molecule is Cc1cc(C)cc(-c2ccc(C#N)o2)c1. The number of hydrogen-bond donors (Lipinski definition) is 0. The van der Waals surface area contributed by atoms with Crippen molar-refractivity contribution in [2.45, 2.75) is 13.8 Å². The number of rotatable bonds is 1. The quantitative estimate of drug-likeness (QED) is 0.702. The van der Waals surface area contributed by atoms with Crippen molar-refractivity contribution in [2.75, 3.05) is 0 Å². The van der Waals surface area contributed by atoms with Gasteiger partial charge in [-0.15, -0.1) is 0 Å². The van der Waals surface area contributed by atoms with E-state index in [4.69, 9.17) is 9.68 Å². The van der Waals surface area contributed by atoms with Gasteiger partial charge >= 0.3 is 0 Å². The maximum atomic E-state index is 8.66. The Morgan fingerprint density at radius 2 is 1.73 bits per heavy atom. The van der Waals surface area contributed by atoms with Gasteiger partial charge in [-0.25, -0.2) is 0 Å². The molecule has 2 aromatic rings. The third kappa shape index (κ3) is 1.92. The van der Waals surface area contributed by atoms with Gasteiger partial charge in [-0.05, 0) is 38.1 Å². The van der Waals surface area contributed by atoms with E-state index in [1.54, 1.807) is 6.07 Å². The third-order valence-electron chi connectivity index (χ3n) is 2.22. The van der Waals surface area contributed by atoms with E-state index in [0.717, 1.165) is 11.3 Å². The molecule has 1 heterocycles. The molecular weight excluding hydrogens is 186 g/mol. The van der Waals surface area contributed by atoms with Gasteiger partial charge in [0.25, 0.3) is 0 Å². The molecule has 0 aliphatic carbocycles. The normalized spacial score (nSPS) is 9.93. The molecule has 2 heteroatoms. The summed E-state index contributed by atoms with van der Waals surface area (Å²) in [7, 11) is 0. The number of benzene rings is 1. The van der Waals surface area contributed by atoms with Crippen LogP contribution in [0.3, 0.4) is 0 Å². The second-order valence-electron chi connectivity index (χ2n) is 3.65. The smallest absolute Gasteiger partial charge is 0.204 e. The molecule has 0 unspecified atom stereocenters. The Bertz CT molecular complexity index is 511.